The summed E-state index contributed by atoms with van der Waals surface area (Å²) in [4.78, 5) is 12.8. The highest BCUT2D eigenvalue weighted by Gasteiger charge is 2.13. The van der Waals surface area contributed by atoms with Crippen LogP contribution in [0, 0.1) is 5.41 Å². The van der Waals surface area contributed by atoms with Crippen molar-refractivity contribution >= 4 is 5.97 Å². The minimum absolute atomic E-state index is 0.0575. The smallest absolute Gasteiger partial charge is 0.320 e. The summed E-state index contributed by atoms with van der Waals surface area (Å²) in [6.07, 6.45) is 0. The van der Waals surface area contributed by atoms with Gasteiger partial charge in [0.2, 0.25) is 0 Å². The molecule has 0 aromatic heterocycles. The largest absolute Gasteiger partial charge is 0.464 e. The second kappa shape index (κ2) is 4.45. The SMILES string of the molecule is CN(C)CC(=O)OCC(C)(C)C. The van der Waals surface area contributed by atoms with Crippen LogP contribution < -0.4 is 0 Å². The van der Waals surface area contributed by atoms with Crippen LogP contribution in [0.15, 0.2) is 0 Å². The molecule has 0 atom stereocenters. The molecule has 0 saturated heterocycles. The summed E-state index contributed by atoms with van der Waals surface area (Å²) in [7, 11) is 3.69. The zero-order chi connectivity index (χ0) is 9.78. The van der Waals surface area contributed by atoms with Gasteiger partial charge in [-0.2, -0.15) is 0 Å². The Morgan fingerprint density at radius 1 is 1.33 bits per heavy atom. The van der Waals surface area contributed by atoms with Gasteiger partial charge in [-0.3, -0.25) is 9.69 Å². The van der Waals surface area contributed by atoms with E-state index in [9.17, 15) is 4.79 Å². The fourth-order valence-electron chi connectivity index (χ4n) is 0.601. The predicted molar refractivity (Wildman–Crippen MR) is 49.0 cm³/mol. The summed E-state index contributed by atoms with van der Waals surface area (Å²) >= 11 is 0. The highest BCUT2D eigenvalue weighted by Crippen LogP contribution is 2.12. The van der Waals surface area contributed by atoms with Crippen molar-refractivity contribution < 1.29 is 9.53 Å². The van der Waals surface area contributed by atoms with Gasteiger partial charge >= 0.3 is 5.97 Å². The van der Waals surface area contributed by atoms with E-state index in [1.54, 1.807) is 4.90 Å². The van der Waals surface area contributed by atoms with Crippen molar-refractivity contribution in [2.24, 2.45) is 5.41 Å². The second-order valence-electron chi connectivity index (χ2n) is 4.46. The maximum Gasteiger partial charge on any atom is 0.320 e. The Labute approximate surface area is 74.7 Å². The average molecular weight is 173 g/mol. The van der Waals surface area contributed by atoms with Crippen molar-refractivity contribution in [2.45, 2.75) is 20.8 Å². The first kappa shape index (κ1) is 11.4. The van der Waals surface area contributed by atoms with Crippen LogP contribution in [0.2, 0.25) is 0 Å². The Bertz CT molecular complexity index is 147. The number of rotatable bonds is 3. The van der Waals surface area contributed by atoms with E-state index < -0.39 is 0 Å². The number of hydrogen-bond acceptors (Lipinski definition) is 3. The van der Waals surface area contributed by atoms with Crippen molar-refractivity contribution in [3.8, 4) is 0 Å². The standard InChI is InChI=1S/C9H19NO2/c1-9(2,3)7-12-8(11)6-10(4)5/h6-7H2,1-5H3. The minimum atomic E-state index is -0.157. The maximum atomic E-state index is 11.0. The van der Waals surface area contributed by atoms with Gasteiger partial charge in [-0.05, 0) is 19.5 Å². The van der Waals surface area contributed by atoms with Gasteiger partial charge in [0.15, 0.2) is 0 Å². The summed E-state index contributed by atoms with van der Waals surface area (Å²) in [5.41, 5.74) is 0.0575. The van der Waals surface area contributed by atoms with Crippen LogP contribution >= 0.6 is 0 Å². The second-order valence-corrected chi connectivity index (χ2v) is 4.46. The average Bonchev–Trinajstić information content (AvgIpc) is 1.80. The fourth-order valence-corrected chi connectivity index (χ4v) is 0.601. The lowest BCUT2D eigenvalue weighted by Crippen LogP contribution is -2.26. The van der Waals surface area contributed by atoms with Gasteiger partial charge in [0, 0.05) is 0 Å². The molecule has 0 unspecified atom stereocenters. The molecule has 3 heteroatoms. The zero-order valence-corrected chi connectivity index (χ0v) is 8.68. The van der Waals surface area contributed by atoms with Crippen molar-refractivity contribution in [1.29, 1.82) is 0 Å². The van der Waals surface area contributed by atoms with Crippen molar-refractivity contribution in [2.75, 3.05) is 27.2 Å². The third-order valence-electron chi connectivity index (χ3n) is 1.11. The van der Waals surface area contributed by atoms with Gasteiger partial charge in [-0.1, -0.05) is 20.8 Å². The zero-order valence-electron chi connectivity index (χ0n) is 8.68. The van der Waals surface area contributed by atoms with Gasteiger partial charge in [-0.15, -0.1) is 0 Å². The van der Waals surface area contributed by atoms with Crippen LogP contribution in [0.3, 0.4) is 0 Å². The van der Waals surface area contributed by atoms with Gasteiger partial charge < -0.3 is 4.74 Å². The first-order valence-corrected chi connectivity index (χ1v) is 4.11. The Balaban J connectivity index is 3.58. The molecule has 12 heavy (non-hydrogen) atoms. The lowest BCUT2D eigenvalue weighted by atomic mass is 9.99. The first-order chi connectivity index (χ1) is 5.31. The number of carbonyl (C=O) groups is 1. The minimum Gasteiger partial charge on any atom is -0.464 e. The number of likely N-dealkylation sites (N-methyl/N-ethyl adjacent to an activating group) is 1. The van der Waals surface area contributed by atoms with Crippen LogP contribution in [0.25, 0.3) is 0 Å². The Kier molecular flexibility index (Phi) is 4.24. The molecule has 0 aliphatic heterocycles. The number of nitrogens with zero attached hydrogens (tertiary/aromatic N) is 1. The topological polar surface area (TPSA) is 29.5 Å². The van der Waals surface area contributed by atoms with E-state index in [4.69, 9.17) is 4.74 Å². The molecular formula is C9H19NO2. The summed E-state index contributed by atoms with van der Waals surface area (Å²) in [5, 5.41) is 0. The Morgan fingerprint density at radius 3 is 2.17 bits per heavy atom. The molecule has 0 heterocycles. The van der Waals surface area contributed by atoms with E-state index in [0.29, 0.717) is 13.2 Å². The van der Waals surface area contributed by atoms with E-state index in [1.165, 1.54) is 0 Å². The van der Waals surface area contributed by atoms with Crippen molar-refractivity contribution in [3.63, 3.8) is 0 Å². The maximum absolute atomic E-state index is 11.0. The van der Waals surface area contributed by atoms with Gasteiger partial charge in [0.1, 0.15) is 0 Å². The number of carbonyl (C=O) groups excluding carboxylic acids is 1. The van der Waals surface area contributed by atoms with Crippen LogP contribution in [-0.4, -0.2) is 38.1 Å². The lowest BCUT2D eigenvalue weighted by Gasteiger charge is -2.18. The molecule has 0 aliphatic carbocycles. The van der Waals surface area contributed by atoms with E-state index in [2.05, 4.69) is 0 Å². The Morgan fingerprint density at radius 2 is 1.83 bits per heavy atom. The highest BCUT2D eigenvalue weighted by molar-refractivity contribution is 5.71. The molecule has 0 saturated carbocycles. The molecule has 0 N–H and O–H groups in total. The number of hydrogen-bond donors (Lipinski definition) is 0. The highest BCUT2D eigenvalue weighted by atomic mass is 16.5. The molecular weight excluding hydrogens is 154 g/mol. The number of ether oxygens (including phenoxy) is 1. The van der Waals surface area contributed by atoms with E-state index in [0.717, 1.165) is 0 Å². The molecule has 0 radical (unpaired) electrons. The van der Waals surface area contributed by atoms with E-state index in [1.807, 2.05) is 34.9 Å². The quantitative estimate of drug-likeness (QED) is 0.599. The van der Waals surface area contributed by atoms with Crippen LogP contribution in [0.5, 0.6) is 0 Å². The summed E-state index contributed by atoms with van der Waals surface area (Å²) in [5.74, 6) is -0.157. The molecule has 0 spiro atoms. The third-order valence-corrected chi connectivity index (χ3v) is 1.11. The molecule has 0 fully saturated rings. The molecule has 3 nitrogen and oxygen atoms in total. The first-order valence-electron chi connectivity index (χ1n) is 4.11. The molecule has 0 rings (SSSR count). The summed E-state index contributed by atoms with van der Waals surface area (Å²) in [6, 6.07) is 0. The van der Waals surface area contributed by atoms with E-state index in [-0.39, 0.29) is 11.4 Å². The predicted octanol–water partition coefficient (Wildman–Crippen LogP) is 1.14. The fraction of sp³-hybridized carbons (Fsp3) is 0.889. The van der Waals surface area contributed by atoms with Crippen LogP contribution in [0.1, 0.15) is 20.8 Å². The molecule has 0 aromatic carbocycles. The van der Waals surface area contributed by atoms with Crippen LogP contribution in [-0.2, 0) is 9.53 Å². The van der Waals surface area contributed by atoms with Crippen molar-refractivity contribution in [1.82, 2.24) is 4.90 Å². The molecule has 0 bridgehead atoms. The molecule has 0 aliphatic rings. The number of esters is 1. The molecule has 0 amide bonds. The van der Waals surface area contributed by atoms with Gasteiger partial charge in [-0.25, -0.2) is 0 Å². The Hall–Kier alpha value is -0.570. The summed E-state index contributed by atoms with van der Waals surface area (Å²) < 4.78 is 5.04. The van der Waals surface area contributed by atoms with Gasteiger partial charge in [0.05, 0.1) is 13.2 Å². The molecule has 72 valence electrons. The lowest BCUT2D eigenvalue weighted by molar-refractivity contribution is -0.147. The van der Waals surface area contributed by atoms with Crippen LogP contribution in [0.4, 0.5) is 0 Å². The van der Waals surface area contributed by atoms with E-state index >= 15 is 0 Å². The van der Waals surface area contributed by atoms with Crippen molar-refractivity contribution in [3.05, 3.63) is 0 Å². The third kappa shape index (κ3) is 7.54. The normalized spacial score (nSPS) is 11.8. The van der Waals surface area contributed by atoms with Gasteiger partial charge in [0.25, 0.3) is 0 Å². The molecule has 0 aromatic rings. The monoisotopic (exact) mass is 173 g/mol. The summed E-state index contributed by atoms with van der Waals surface area (Å²) in [6.45, 7) is 6.96.